The Balaban J connectivity index is 1.89. The van der Waals surface area contributed by atoms with E-state index in [4.69, 9.17) is 19.4 Å². The zero-order valence-electron chi connectivity index (χ0n) is 9.88. The zero-order valence-corrected chi connectivity index (χ0v) is 9.88. The van der Waals surface area contributed by atoms with Gasteiger partial charge in [0.15, 0.2) is 0 Å². The highest BCUT2D eigenvalue weighted by Crippen LogP contribution is 2.25. The van der Waals surface area contributed by atoms with Gasteiger partial charge in [-0.25, -0.2) is 0 Å². The van der Waals surface area contributed by atoms with Gasteiger partial charge in [0.1, 0.15) is 24.4 Å². The Kier molecular flexibility index (Phi) is 4.87. The third-order valence-corrected chi connectivity index (χ3v) is 3.05. The van der Waals surface area contributed by atoms with Gasteiger partial charge in [0.2, 0.25) is 6.29 Å². The molecule has 2 aliphatic rings. The molecular formula is C10H19NO7. The summed E-state index contributed by atoms with van der Waals surface area (Å²) in [5.41, 5.74) is 0. The van der Waals surface area contributed by atoms with Crippen LogP contribution in [0.2, 0.25) is 0 Å². The fourth-order valence-corrected chi connectivity index (χ4v) is 1.98. The van der Waals surface area contributed by atoms with Gasteiger partial charge >= 0.3 is 0 Å². The highest BCUT2D eigenvalue weighted by Gasteiger charge is 2.47. The van der Waals surface area contributed by atoms with E-state index in [9.17, 15) is 15.3 Å². The van der Waals surface area contributed by atoms with Crippen molar-refractivity contribution < 1.29 is 34.7 Å². The van der Waals surface area contributed by atoms with E-state index in [1.54, 1.807) is 5.06 Å². The van der Waals surface area contributed by atoms with E-state index in [0.717, 1.165) is 0 Å². The molecule has 0 radical (unpaired) electrons. The van der Waals surface area contributed by atoms with Crippen molar-refractivity contribution in [2.75, 3.05) is 32.9 Å². The molecule has 2 rings (SSSR count). The first kappa shape index (κ1) is 14.1. The van der Waals surface area contributed by atoms with Gasteiger partial charge in [-0.1, -0.05) is 0 Å². The molecule has 0 aromatic heterocycles. The SMILES string of the molecule is OC[C@H](O)[C@H]1O[C@H](ON2CCOCC2)[C@@H](O)[C@H]1O. The zero-order chi connectivity index (χ0) is 13.1. The lowest BCUT2D eigenvalue weighted by Crippen LogP contribution is -2.43. The van der Waals surface area contributed by atoms with Crippen molar-refractivity contribution in [3.05, 3.63) is 0 Å². The van der Waals surface area contributed by atoms with Gasteiger partial charge in [0.05, 0.1) is 19.8 Å². The van der Waals surface area contributed by atoms with E-state index < -0.39 is 37.3 Å². The minimum atomic E-state index is -1.29. The maximum atomic E-state index is 9.75. The minimum absolute atomic E-state index is 0.522. The number of hydroxylamine groups is 2. The highest BCUT2D eigenvalue weighted by molar-refractivity contribution is 4.90. The van der Waals surface area contributed by atoms with Crippen molar-refractivity contribution in [3.8, 4) is 0 Å². The molecule has 5 atom stereocenters. The van der Waals surface area contributed by atoms with E-state index in [-0.39, 0.29) is 0 Å². The number of aliphatic hydroxyl groups is 4. The van der Waals surface area contributed by atoms with E-state index in [1.165, 1.54) is 0 Å². The average molecular weight is 265 g/mol. The fraction of sp³-hybridized carbons (Fsp3) is 1.00. The first-order valence-electron chi connectivity index (χ1n) is 5.93. The summed E-state index contributed by atoms with van der Waals surface area (Å²) in [6.07, 6.45) is -5.93. The summed E-state index contributed by atoms with van der Waals surface area (Å²) in [6.45, 7) is 1.56. The molecule has 2 aliphatic heterocycles. The van der Waals surface area contributed by atoms with Crippen LogP contribution in [0.15, 0.2) is 0 Å². The molecule has 2 fully saturated rings. The van der Waals surface area contributed by atoms with Crippen LogP contribution in [-0.2, 0) is 14.3 Å². The molecule has 0 aliphatic carbocycles. The van der Waals surface area contributed by atoms with Crippen molar-refractivity contribution in [1.29, 1.82) is 0 Å². The third kappa shape index (κ3) is 2.98. The summed E-state index contributed by atoms with van der Waals surface area (Å²) in [5.74, 6) is 0. The number of hydrogen-bond acceptors (Lipinski definition) is 8. The average Bonchev–Trinajstić information content (AvgIpc) is 2.67. The van der Waals surface area contributed by atoms with Crippen molar-refractivity contribution >= 4 is 0 Å². The lowest BCUT2D eigenvalue weighted by atomic mass is 10.1. The van der Waals surface area contributed by atoms with Crippen LogP contribution >= 0.6 is 0 Å². The van der Waals surface area contributed by atoms with Crippen molar-refractivity contribution in [3.63, 3.8) is 0 Å². The van der Waals surface area contributed by atoms with Crippen LogP contribution < -0.4 is 0 Å². The quantitative estimate of drug-likeness (QED) is 0.427. The third-order valence-electron chi connectivity index (χ3n) is 3.05. The van der Waals surface area contributed by atoms with Crippen LogP contribution in [0.25, 0.3) is 0 Å². The first-order chi connectivity index (χ1) is 8.63. The van der Waals surface area contributed by atoms with E-state index >= 15 is 0 Å². The number of nitrogens with zero attached hydrogens (tertiary/aromatic N) is 1. The molecule has 0 unspecified atom stereocenters. The molecule has 2 saturated heterocycles. The highest BCUT2D eigenvalue weighted by atomic mass is 16.8. The number of hydrogen-bond donors (Lipinski definition) is 4. The van der Waals surface area contributed by atoms with Crippen molar-refractivity contribution in [2.45, 2.75) is 30.7 Å². The molecular weight excluding hydrogens is 246 g/mol. The summed E-state index contributed by atoms with van der Waals surface area (Å²) in [6, 6.07) is 0. The van der Waals surface area contributed by atoms with Crippen LogP contribution in [0.1, 0.15) is 0 Å². The van der Waals surface area contributed by atoms with Crippen molar-refractivity contribution in [1.82, 2.24) is 5.06 Å². The molecule has 0 spiro atoms. The number of aliphatic hydroxyl groups excluding tert-OH is 4. The van der Waals surface area contributed by atoms with E-state index in [2.05, 4.69) is 0 Å². The summed E-state index contributed by atoms with van der Waals surface area (Å²) < 4.78 is 10.4. The summed E-state index contributed by atoms with van der Waals surface area (Å²) >= 11 is 0. The Morgan fingerprint density at radius 3 is 2.50 bits per heavy atom. The smallest absolute Gasteiger partial charge is 0.206 e. The van der Waals surface area contributed by atoms with Crippen LogP contribution in [0.5, 0.6) is 0 Å². The Morgan fingerprint density at radius 2 is 1.89 bits per heavy atom. The summed E-state index contributed by atoms with van der Waals surface area (Å²) in [7, 11) is 0. The molecule has 0 bridgehead atoms. The van der Waals surface area contributed by atoms with Gasteiger partial charge in [0, 0.05) is 13.1 Å². The second-order valence-electron chi connectivity index (χ2n) is 4.35. The van der Waals surface area contributed by atoms with E-state index in [0.29, 0.717) is 26.3 Å². The number of morpholine rings is 1. The second-order valence-corrected chi connectivity index (χ2v) is 4.35. The predicted octanol–water partition coefficient (Wildman–Crippen LogP) is -2.95. The van der Waals surface area contributed by atoms with Gasteiger partial charge in [-0.15, -0.1) is 0 Å². The Labute approximate surface area is 104 Å². The lowest BCUT2D eigenvalue weighted by molar-refractivity contribution is -0.307. The molecule has 0 amide bonds. The first-order valence-corrected chi connectivity index (χ1v) is 5.93. The molecule has 0 aromatic carbocycles. The van der Waals surface area contributed by atoms with Gasteiger partial charge in [-0.05, 0) is 0 Å². The summed E-state index contributed by atoms with van der Waals surface area (Å²) in [4.78, 5) is 5.39. The van der Waals surface area contributed by atoms with Gasteiger partial charge in [-0.2, -0.15) is 5.06 Å². The maximum absolute atomic E-state index is 9.75. The van der Waals surface area contributed by atoms with E-state index in [1.807, 2.05) is 0 Å². The van der Waals surface area contributed by atoms with Crippen LogP contribution in [0, 0.1) is 0 Å². The normalized spacial score (nSPS) is 40.0. The number of ether oxygens (including phenoxy) is 2. The Bertz CT molecular complexity index is 259. The van der Waals surface area contributed by atoms with Crippen molar-refractivity contribution in [2.24, 2.45) is 0 Å². The Morgan fingerprint density at radius 1 is 1.22 bits per heavy atom. The monoisotopic (exact) mass is 265 g/mol. The molecule has 0 aromatic rings. The van der Waals surface area contributed by atoms with Gasteiger partial charge in [-0.3, -0.25) is 4.84 Å². The topological polar surface area (TPSA) is 112 Å². The molecule has 2 heterocycles. The fourth-order valence-electron chi connectivity index (χ4n) is 1.98. The predicted molar refractivity (Wildman–Crippen MR) is 57.2 cm³/mol. The van der Waals surface area contributed by atoms with Crippen LogP contribution in [0.4, 0.5) is 0 Å². The summed E-state index contributed by atoms with van der Waals surface area (Å²) in [5, 5.41) is 39.3. The largest absolute Gasteiger partial charge is 0.394 e. The molecule has 8 nitrogen and oxygen atoms in total. The minimum Gasteiger partial charge on any atom is -0.394 e. The number of rotatable bonds is 4. The van der Waals surface area contributed by atoms with Crippen LogP contribution in [0.3, 0.4) is 0 Å². The molecule has 4 N–H and O–H groups in total. The molecule has 8 heteroatoms. The second kappa shape index (κ2) is 6.22. The Hall–Kier alpha value is -0.320. The molecule has 0 saturated carbocycles. The molecule has 106 valence electrons. The van der Waals surface area contributed by atoms with Gasteiger partial charge in [0.25, 0.3) is 0 Å². The molecule has 18 heavy (non-hydrogen) atoms. The van der Waals surface area contributed by atoms with Crippen LogP contribution in [-0.4, -0.2) is 89.1 Å². The lowest BCUT2D eigenvalue weighted by Gasteiger charge is -2.29. The van der Waals surface area contributed by atoms with Gasteiger partial charge < -0.3 is 29.9 Å². The standard InChI is InChI=1S/C10H19NO7/c12-5-6(13)9-7(14)8(15)10(17-9)18-11-1-3-16-4-2-11/h6-10,12-15H,1-5H2/t6-,7+,8-,9+,10+/m0/s1. The maximum Gasteiger partial charge on any atom is 0.206 e.